The fraction of sp³-hybridized carbons (Fsp3) is 0.0938. The molecule has 0 radical (unpaired) electrons. The zero-order valence-corrected chi connectivity index (χ0v) is 38.2. The Morgan fingerprint density at radius 3 is 2.25 bits per heavy atom. The van der Waals surface area contributed by atoms with Crippen molar-refractivity contribution in [1.29, 1.82) is 0 Å². The van der Waals surface area contributed by atoms with Gasteiger partial charge in [0.25, 0.3) is 0 Å². The molecule has 0 saturated carbocycles. The van der Waals surface area contributed by atoms with Crippen LogP contribution in [0.2, 0.25) is 0 Å². The summed E-state index contributed by atoms with van der Waals surface area (Å²) in [6.07, 6.45) is 37.4. The highest BCUT2D eigenvalue weighted by Crippen LogP contribution is 2.43. The summed E-state index contributed by atoms with van der Waals surface area (Å²) in [4.78, 5) is 0. The number of aromatic nitrogens is 3. The van der Waals surface area contributed by atoms with Gasteiger partial charge in [-0.1, -0.05) is 188 Å². The summed E-state index contributed by atoms with van der Waals surface area (Å²) in [6, 6.07) is 52.0. The molecule has 0 spiro atoms. The lowest BCUT2D eigenvalue weighted by molar-refractivity contribution is 0.584. The van der Waals surface area contributed by atoms with E-state index in [1.54, 1.807) is 0 Å². The van der Waals surface area contributed by atoms with Crippen molar-refractivity contribution in [3.05, 3.63) is 262 Å². The summed E-state index contributed by atoms with van der Waals surface area (Å²) < 4.78 is 8.55. The lowest BCUT2D eigenvalue weighted by atomic mass is 9.80. The molecular weight excluding hydrogens is 827 g/mol. The third-order valence-corrected chi connectivity index (χ3v) is 13.3. The van der Waals surface area contributed by atoms with Crippen molar-refractivity contribution in [3.8, 4) is 39.7 Å². The van der Waals surface area contributed by atoms with Crippen molar-refractivity contribution in [1.82, 2.24) is 14.8 Å². The molecule has 1 atom stereocenters. The second kappa shape index (κ2) is 19.2. The highest BCUT2D eigenvalue weighted by Gasteiger charge is 2.23. The normalized spacial score (nSPS) is 15.8. The number of hydrogen-bond acceptors (Lipinski definition) is 3. The smallest absolute Gasteiger partial charge is 0.248 e. The molecule has 0 aliphatic heterocycles. The van der Waals surface area contributed by atoms with Crippen LogP contribution in [0, 0.1) is 0 Å². The number of allylic oxidation sites excluding steroid dienone is 14. The maximum Gasteiger partial charge on any atom is 0.248 e. The van der Waals surface area contributed by atoms with E-state index in [2.05, 4.69) is 228 Å². The van der Waals surface area contributed by atoms with Crippen LogP contribution in [0.25, 0.3) is 80.5 Å². The molecule has 2 heterocycles. The quantitative estimate of drug-likeness (QED) is 0.129. The van der Waals surface area contributed by atoms with Crippen LogP contribution in [0.1, 0.15) is 60.1 Å². The van der Waals surface area contributed by atoms with Crippen molar-refractivity contribution in [3.63, 3.8) is 0 Å². The van der Waals surface area contributed by atoms with Crippen LogP contribution >= 0.6 is 0 Å². The van der Waals surface area contributed by atoms with Crippen molar-refractivity contribution in [2.24, 2.45) is 0 Å². The number of hydrogen-bond donors (Lipinski definition) is 0. The minimum atomic E-state index is 0.211. The van der Waals surface area contributed by atoms with Crippen LogP contribution < -0.4 is 10.4 Å². The average molecular weight is 878 g/mol. The van der Waals surface area contributed by atoms with E-state index in [1.807, 2.05) is 30.3 Å². The largest absolute Gasteiger partial charge is 0.416 e. The van der Waals surface area contributed by atoms with Crippen LogP contribution in [0.3, 0.4) is 0 Å². The Hall–Kier alpha value is -8.34. The SMILES string of the molecule is C\C=C/C(=C\C=C\c1ccc2c(c1)c1c(n2-c2ccc(C3=CC=CCCC3c3ccccc3-c3ccc(-c4nnc(-c5ccccc5)o4)cc3)cc2)CC=CC=C1)C1=CC=c2ccccc2=CC1. The molecule has 1 unspecified atom stereocenters. The number of rotatable bonds is 10. The van der Waals surface area contributed by atoms with E-state index >= 15 is 0 Å². The Morgan fingerprint density at radius 2 is 1.41 bits per heavy atom. The van der Waals surface area contributed by atoms with Crippen molar-refractivity contribution in [2.75, 3.05) is 0 Å². The molecule has 0 amide bonds. The first-order chi connectivity index (χ1) is 33.7. The Labute approximate surface area is 398 Å². The highest BCUT2D eigenvalue weighted by atomic mass is 16.4. The van der Waals surface area contributed by atoms with Gasteiger partial charge in [-0.25, -0.2) is 0 Å². The summed E-state index contributed by atoms with van der Waals surface area (Å²) in [7, 11) is 0. The first kappa shape index (κ1) is 42.3. The van der Waals surface area contributed by atoms with Gasteiger partial charge in [-0.3, -0.25) is 0 Å². The Balaban J connectivity index is 0.876. The standard InChI is InChI=1S/C64H51N3O/c1-2-17-46(49-33-31-47-19-12-13-20-48(47)32-34-49)23-16-18-45-30-43-62-60(44-45)59-28-10-5-11-29-61(59)67(62)54-41-39-51(40-42-54)55-24-8-4-9-26-57(55)58-27-15-14-25-56(58)50-35-37-53(38-36-50)64-66-65-63(68-64)52-21-6-3-7-22-52/h2-8,10-25,27-28,30-33,35-44,57H,9,26,29,34H2,1H3/b17-2-,18-16+,46-23+. The van der Waals surface area contributed by atoms with Crippen molar-refractivity contribution < 1.29 is 4.42 Å². The monoisotopic (exact) mass is 877 g/mol. The molecule has 3 aliphatic rings. The molecule has 3 aliphatic carbocycles. The first-order valence-corrected chi connectivity index (χ1v) is 23.7. The fourth-order valence-corrected chi connectivity index (χ4v) is 9.95. The maximum absolute atomic E-state index is 6.09. The van der Waals surface area contributed by atoms with E-state index in [9.17, 15) is 0 Å². The first-order valence-electron chi connectivity index (χ1n) is 23.7. The lowest BCUT2D eigenvalue weighted by Crippen LogP contribution is -2.22. The minimum Gasteiger partial charge on any atom is -0.416 e. The van der Waals surface area contributed by atoms with E-state index < -0.39 is 0 Å². The van der Waals surface area contributed by atoms with Crippen LogP contribution in [-0.4, -0.2) is 14.8 Å². The van der Waals surface area contributed by atoms with Gasteiger partial charge < -0.3 is 8.98 Å². The van der Waals surface area contributed by atoms with E-state index in [4.69, 9.17) is 4.42 Å². The molecule has 6 aromatic carbocycles. The number of fused-ring (bicyclic) bond motifs is 4. The van der Waals surface area contributed by atoms with Gasteiger partial charge in [-0.2, -0.15) is 0 Å². The predicted molar refractivity (Wildman–Crippen MR) is 284 cm³/mol. The van der Waals surface area contributed by atoms with E-state index in [1.165, 1.54) is 71.6 Å². The summed E-state index contributed by atoms with van der Waals surface area (Å²) in [5, 5.41) is 12.5. The van der Waals surface area contributed by atoms with Gasteiger partial charge >= 0.3 is 0 Å². The number of benzene rings is 6. The maximum atomic E-state index is 6.09. The predicted octanol–water partition coefficient (Wildman–Crippen LogP) is 14.8. The molecule has 11 rings (SSSR count). The topological polar surface area (TPSA) is 43.9 Å². The van der Waals surface area contributed by atoms with Crippen molar-refractivity contribution in [2.45, 2.75) is 38.5 Å². The molecule has 68 heavy (non-hydrogen) atoms. The Kier molecular flexibility index (Phi) is 12.0. The summed E-state index contributed by atoms with van der Waals surface area (Å²) in [6.45, 7) is 2.09. The third kappa shape index (κ3) is 8.61. The van der Waals surface area contributed by atoms with Crippen LogP contribution in [0.4, 0.5) is 0 Å². The Morgan fingerprint density at radius 1 is 0.662 bits per heavy atom. The van der Waals surface area contributed by atoms with Crippen LogP contribution in [-0.2, 0) is 6.42 Å². The molecule has 0 N–H and O–H groups in total. The van der Waals surface area contributed by atoms with Gasteiger partial charge in [0.1, 0.15) is 0 Å². The van der Waals surface area contributed by atoms with Gasteiger partial charge in [0.2, 0.25) is 11.8 Å². The van der Waals surface area contributed by atoms with Gasteiger partial charge in [-0.05, 0) is 130 Å². The zero-order valence-electron chi connectivity index (χ0n) is 38.2. The van der Waals surface area contributed by atoms with Gasteiger partial charge in [0.05, 0.1) is 5.52 Å². The lowest BCUT2D eigenvalue weighted by Gasteiger charge is -2.23. The van der Waals surface area contributed by atoms with Gasteiger partial charge in [0.15, 0.2) is 0 Å². The van der Waals surface area contributed by atoms with E-state index in [0.717, 1.165) is 48.1 Å². The minimum absolute atomic E-state index is 0.211. The molecule has 328 valence electrons. The fourth-order valence-electron chi connectivity index (χ4n) is 9.95. The summed E-state index contributed by atoms with van der Waals surface area (Å²) in [5.74, 6) is 1.24. The molecule has 2 aromatic heterocycles. The molecule has 0 fully saturated rings. The van der Waals surface area contributed by atoms with E-state index in [-0.39, 0.29) is 5.92 Å². The summed E-state index contributed by atoms with van der Waals surface area (Å²) in [5.41, 5.74) is 16.7. The van der Waals surface area contributed by atoms with E-state index in [0.29, 0.717) is 11.8 Å². The van der Waals surface area contributed by atoms with Crippen LogP contribution in [0.15, 0.2) is 228 Å². The van der Waals surface area contributed by atoms with Crippen molar-refractivity contribution >= 4 is 40.8 Å². The second-order valence-corrected chi connectivity index (χ2v) is 17.5. The Bertz CT molecular complexity index is 3550. The van der Waals surface area contributed by atoms with Crippen LogP contribution in [0.5, 0.6) is 0 Å². The molecule has 4 heteroatoms. The number of nitrogens with zero attached hydrogens (tertiary/aromatic N) is 3. The van der Waals surface area contributed by atoms with Gasteiger partial charge in [-0.15, -0.1) is 10.2 Å². The molecule has 4 nitrogen and oxygen atoms in total. The molecule has 0 bridgehead atoms. The second-order valence-electron chi connectivity index (χ2n) is 17.5. The highest BCUT2D eigenvalue weighted by molar-refractivity contribution is 5.95. The summed E-state index contributed by atoms with van der Waals surface area (Å²) >= 11 is 0. The average Bonchev–Trinajstić information content (AvgIpc) is 3.66. The molecule has 0 saturated heterocycles. The third-order valence-electron chi connectivity index (χ3n) is 13.3. The molecular formula is C64H51N3O. The van der Waals surface area contributed by atoms with Gasteiger partial charge in [0, 0.05) is 45.8 Å². The zero-order chi connectivity index (χ0) is 45.7. The molecule has 8 aromatic rings.